The summed E-state index contributed by atoms with van der Waals surface area (Å²) in [6, 6.07) is 15.4. The molecule has 2 aromatic carbocycles. The Morgan fingerprint density at radius 1 is 0.912 bits per heavy atom. The number of ether oxygens (including phenoxy) is 1. The fourth-order valence-electron chi connectivity index (χ4n) is 3.67. The van der Waals surface area contributed by atoms with E-state index in [1.165, 1.54) is 0 Å². The lowest BCUT2D eigenvalue weighted by Crippen LogP contribution is -2.33. The van der Waals surface area contributed by atoms with Gasteiger partial charge in [0.15, 0.2) is 0 Å². The normalized spacial score (nSPS) is 15.4. The van der Waals surface area contributed by atoms with Crippen molar-refractivity contribution in [2.75, 3.05) is 5.32 Å². The molecule has 0 aliphatic heterocycles. The summed E-state index contributed by atoms with van der Waals surface area (Å²) >= 11 is 0. The van der Waals surface area contributed by atoms with Gasteiger partial charge in [0.25, 0.3) is 5.91 Å². The molecule has 0 saturated heterocycles. The van der Waals surface area contributed by atoms with Crippen LogP contribution in [0.3, 0.4) is 0 Å². The molecule has 34 heavy (non-hydrogen) atoms. The molecule has 3 amide bonds. The summed E-state index contributed by atoms with van der Waals surface area (Å²) in [6.45, 7) is 5.97. The van der Waals surface area contributed by atoms with Crippen molar-refractivity contribution in [3.8, 4) is 0 Å². The van der Waals surface area contributed by atoms with Gasteiger partial charge in [-0.1, -0.05) is 24.3 Å². The zero-order chi connectivity index (χ0) is 24.3. The van der Waals surface area contributed by atoms with Crippen molar-refractivity contribution in [2.24, 2.45) is 0 Å². The Morgan fingerprint density at radius 2 is 1.53 bits per heavy atom. The Labute approximate surface area is 200 Å². The van der Waals surface area contributed by atoms with Crippen LogP contribution in [0.2, 0.25) is 0 Å². The zero-order valence-electron chi connectivity index (χ0n) is 20.1. The van der Waals surface area contributed by atoms with E-state index < -0.39 is 11.7 Å². The number of rotatable bonds is 8. The topological polar surface area (TPSA) is 87.7 Å². The number of nitrogens with one attached hydrogen (secondary N) is 2. The highest BCUT2D eigenvalue weighted by Crippen LogP contribution is 2.29. The molecule has 4 rings (SSSR count). The van der Waals surface area contributed by atoms with Crippen LogP contribution in [-0.2, 0) is 22.5 Å². The van der Waals surface area contributed by atoms with E-state index in [1.54, 1.807) is 12.1 Å². The maximum Gasteiger partial charge on any atom is 0.412 e. The summed E-state index contributed by atoms with van der Waals surface area (Å²) in [5.74, 6) is 0.0414. The Kier molecular flexibility index (Phi) is 6.91. The maximum absolute atomic E-state index is 13.1. The fourth-order valence-corrected chi connectivity index (χ4v) is 3.67. The van der Waals surface area contributed by atoms with Gasteiger partial charge in [-0.2, -0.15) is 0 Å². The van der Waals surface area contributed by atoms with Crippen LogP contribution in [-0.4, -0.2) is 40.5 Å². The Bertz CT molecular complexity index is 1030. The zero-order valence-corrected chi connectivity index (χ0v) is 20.1. The minimum Gasteiger partial charge on any atom is -0.444 e. The number of carbonyl (C=O) groups is 3. The van der Waals surface area contributed by atoms with Crippen molar-refractivity contribution in [3.05, 3.63) is 65.2 Å². The van der Waals surface area contributed by atoms with Gasteiger partial charge in [0.05, 0.1) is 6.42 Å². The summed E-state index contributed by atoms with van der Waals surface area (Å²) in [7, 11) is 0. The molecule has 2 aromatic rings. The first-order valence-electron chi connectivity index (χ1n) is 11.9. The van der Waals surface area contributed by atoms with E-state index in [-0.39, 0.29) is 17.9 Å². The molecule has 0 atom stereocenters. The van der Waals surface area contributed by atoms with Crippen LogP contribution in [0.5, 0.6) is 0 Å². The van der Waals surface area contributed by atoms with Crippen LogP contribution in [0, 0.1) is 0 Å². The number of hydrogen-bond acceptors (Lipinski definition) is 4. The highest BCUT2D eigenvalue weighted by atomic mass is 16.6. The average molecular weight is 464 g/mol. The smallest absolute Gasteiger partial charge is 0.412 e. The first-order valence-corrected chi connectivity index (χ1v) is 11.9. The highest BCUT2D eigenvalue weighted by molar-refractivity contribution is 5.94. The summed E-state index contributed by atoms with van der Waals surface area (Å²) in [4.78, 5) is 39.2. The standard InChI is InChI=1S/C27H33N3O4/c1-27(2,3)34-26(33)29-22-10-6-18(7-11-22)16-24(31)30(23-14-15-23)17-19-4-8-20(9-5-19)25(32)28-21-12-13-21/h4-11,21,23H,12-17H2,1-3H3,(H,28,32)(H,29,33). The third-order valence-corrected chi connectivity index (χ3v) is 5.74. The van der Waals surface area contributed by atoms with E-state index in [4.69, 9.17) is 4.74 Å². The molecule has 0 heterocycles. The third-order valence-electron chi connectivity index (χ3n) is 5.74. The molecule has 0 radical (unpaired) electrons. The van der Waals surface area contributed by atoms with Crippen molar-refractivity contribution in [1.29, 1.82) is 0 Å². The van der Waals surface area contributed by atoms with E-state index in [2.05, 4.69) is 10.6 Å². The second-order valence-electron chi connectivity index (χ2n) is 10.2. The summed E-state index contributed by atoms with van der Waals surface area (Å²) in [6.07, 6.45) is 3.95. The lowest BCUT2D eigenvalue weighted by molar-refractivity contribution is -0.131. The molecular formula is C27H33N3O4. The first-order chi connectivity index (χ1) is 16.2. The van der Waals surface area contributed by atoms with Crippen molar-refractivity contribution in [1.82, 2.24) is 10.2 Å². The van der Waals surface area contributed by atoms with Gasteiger partial charge >= 0.3 is 6.09 Å². The second kappa shape index (κ2) is 9.87. The van der Waals surface area contributed by atoms with E-state index in [9.17, 15) is 14.4 Å². The Morgan fingerprint density at radius 3 is 2.09 bits per heavy atom. The van der Waals surface area contributed by atoms with Gasteiger partial charge in [-0.3, -0.25) is 14.9 Å². The van der Waals surface area contributed by atoms with Gasteiger partial charge in [-0.15, -0.1) is 0 Å². The second-order valence-corrected chi connectivity index (χ2v) is 10.2. The van der Waals surface area contributed by atoms with Crippen LogP contribution < -0.4 is 10.6 Å². The molecule has 0 unspecified atom stereocenters. The van der Waals surface area contributed by atoms with Gasteiger partial charge in [-0.05, 0) is 81.8 Å². The van der Waals surface area contributed by atoms with Crippen molar-refractivity contribution >= 4 is 23.6 Å². The number of amides is 3. The van der Waals surface area contributed by atoms with Gasteiger partial charge in [0.1, 0.15) is 5.60 Å². The molecule has 2 N–H and O–H groups in total. The van der Waals surface area contributed by atoms with Gasteiger partial charge < -0.3 is 15.0 Å². The molecule has 2 aliphatic carbocycles. The Hall–Kier alpha value is -3.35. The fraction of sp³-hybridized carbons (Fsp3) is 0.444. The molecule has 0 aromatic heterocycles. The molecule has 2 saturated carbocycles. The van der Waals surface area contributed by atoms with E-state index in [0.29, 0.717) is 30.3 Å². The van der Waals surface area contributed by atoms with Crippen molar-refractivity contribution < 1.29 is 19.1 Å². The number of anilines is 1. The number of nitrogens with zero attached hydrogens (tertiary/aromatic N) is 1. The average Bonchev–Trinajstić information content (AvgIpc) is 3.67. The minimum absolute atomic E-state index is 0.0335. The summed E-state index contributed by atoms with van der Waals surface area (Å²) < 4.78 is 5.26. The lowest BCUT2D eigenvalue weighted by Gasteiger charge is -2.23. The van der Waals surface area contributed by atoms with Crippen LogP contribution in [0.4, 0.5) is 10.5 Å². The van der Waals surface area contributed by atoms with Crippen LogP contribution in [0.15, 0.2) is 48.5 Å². The predicted molar refractivity (Wildman–Crippen MR) is 131 cm³/mol. The molecule has 7 nitrogen and oxygen atoms in total. The number of benzene rings is 2. The molecule has 7 heteroatoms. The molecule has 0 spiro atoms. The SMILES string of the molecule is CC(C)(C)OC(=O)Nc1ccc(CC(=O)N(Cc2ccc(C(=O)NC3CC3)cc2)C2CC2)cc1. The van der Waals surface area contributed by atoms with E-state index in [1.807, 2.05) is 62.1 Å². The number of carbonyl (C=O) groups excluding carboxylic acids is 3. The van der Waals surface area contributed by atoms with Crippen molar-refractivity contribution in [2.45, 2.75) is 77.1 Å². The third kappa shape index (κ3) is 7.07. The van der Waals surface area contributed by atoms with Crippen LogP contribution in [0.25, 0.3) is 0 Å². The molecule has 2 aliphatic rings. The molecule has 2 fully saturated rings. The van der Waals surface area contributed by atoms with Gasteiger partial charge in [0, 0.05) is 29.9 Å². The number of hydrogen-bond donors (Lipinski definition) is 2. The van der Waals surface area contributed by atoms with Crippen LogP contribution >= 0.6 is 0 Å². The van der Waals surface area contributed by atoms with E-state index in [0.717, 1.165) is 36.8 Å². The predicted octanol–water partition coefficient (Wildman–Crippen LogP) is 4.66. The molecular weight excluding hydrogens is 430 g/mol. The Balaban J connectivity index is 1.32. The summed E-state index contributed by atoms with van der Waals surface area (Å²) in [5.41, 5.74) is 2.61. The molecule has 180 valence electrons. The molecule has 0 bridgehead atoms. The van der Waals surface area contributed by atoms with Crippen LogP contribution in [0.1, 0.15) is 67.9 Å². The monoisotopic (exact) mass is 463 g/mol. The first kappa shape index (κ1) is 23.8. The highest BCUT2D eigenvalue weighted by Gasteiger charge is 2.32. The van der Waals surface area contributed by atoms with Crippen molar-refractivity contribution in [3.63, 3.8) is 0 Å². The summed E-state index contributed by atoms with van der Waals surface area (Å²) in [5, 5.41) is 5.70. The van der Waals surface area contributed by atoms with E-state index >= 15 is 0 Å². The lowest BCUT2D eigenvalue weighted by atomic mass is 10.1. The quantitative estimate of drug-likeness (QED) is 0.596. The van der Waals surface area contributed by atoms with Gasteiger partial charge in [0.2, 0.25) is 5.91 Å². The minimum atomic E-state index is -0.563. The maximum atomic E-state index is 13.1. The largest absolute Gasteiger partial charge is 0.444 e. The van der Waals surface area contributed by atoms with Gasteiger partial charge in [-0.25, -0.2) is 4.79 Å².